The van der Waals surface area contributed by atoms with Crippen LogP contribution in [0.15, 0.2) is 77.7 Å². The van der Waals surface area contributed by atoms with Gasteiger partial charge in [0.15, 0.2) is 0 Å². The van der Waals surface area contributed by atoms with Crippen LogP contribution in [-0.4, -0.2) is 14.3 Å². The van der Waals surface area contributed by atoms with Crippen LogP contribution < -0.4 is 10.0 Å². The van der Waals surface area contributed by atoms with Gasteiger partial charge in [-0.3, -0.25) is 9.52 Å². The SMILES string of the molecule is Cc1ccccc1NS(=O)(=O)c1cccc(C(=O)N[C@@H]2CCCc3ccccc32)c1. The number of carbonyl (C=O) groups is 1. The minimum absolute atomic E-state index is 0.0578. The van der Waals surface area contributed by atoms with Gasteiger partial charge in [0.05, 0.1) is 16.6 Å². The number of fused-ring (bicyclic) bond motifs is 1. The van der Waals surface area contributed by atoms with E-state index in [9.17, 15) is 13.2 Å². The second-order valence-electron chi connectivity index (χ2n) is 7.57. The fourth-order valence-corrected chi connectivity index (χ4v) is 5.02. The first-order valence-electron chi connectivity index (χ1n) is 10.0. The van der Waals surface area contributed by atoms with Gasteiger partial charge in [0.25, 0.3) is 15.9 Å². The van der Waals surface area contributed by atoms with Crippen molar-refractivity contribution < 1.29 is 13.2 Å². The first-order valence-corrected chi connectivity index (χ1v) is 11.5. The summed E-state index contributed by atoms with van der Waals surface area (Å²) < 4.78 is 28.3. The van der Waals surface area contributed by atoms with Gasteiger partial charge in [0.1, 0.15) is 0 Å². The number of hydrogen-bond donors (Lipinski definition) is 2. The van der Waals surface area contributed by atoms with Crippen molar-refractivity contribution in [3.63, 3.8) is 0 Å². The number of anilines is 1. The van der Waals surface area contributed by atoms with Crippen molar-refractivity contribution in [3.8, 4) is 0 Å². The highest BCUT2D eigenvalue weighted by molar-refractivity contribution is 7.92. The number of sulfonamides is 1. The van der Waals surface area contributed by atoms with Gasteiger partial charge >= 0.3 is 0 Å². The molecule has 1 aliphatic carbocycles. The van der Waals surface area contributed by atoms with Gasteiger partial charge in [-0.25, -0.2) is 8.42 Å². The number of amides is 1. The molecule has 30 heavy (non-hydrogen) atoms. The maximum absolute atomic E-state index is 12.9. The third-order valence-electron chi connectivity index (χ3n) is 5.47. The van der Waals surface area contributed by atoms with E-state index in [1.165, 1.54) is 17.7 Å². The summed E-state index contributed by atoms with van der Waals surface area (Å²) in [5.74, 6) is -0.273. The summed E-state index contributed by atoms with van der Waals surface area (Å²) in [5.41, 5.74) is 4.07. The normalized spacial score (nSPS) is 15.8. The van der Waals surface area contributed by atoms with Crippen LogP contribution in [0.2, 0.25) is 0 Å². The van der Waals surface area contributed by atoms with Crippen molar-refractivity contribution in [3.05, 3.63) is 95.1 Å². The molecule has 0 unspecified atom stereocenters. The molecule has 1 amide bonds. The quantitative estimate of drug-likeness (QED) is 0.633. The molecule has 1 aliphatic rings. The molecule has 0 aliphatic heterocycles. The molecule has 4 rings (SSSR count). The second-order valence-corrected chi connectivity index (χ2v) is 9.25. The Morgan fingerprint density at radius 3 is 2.57 bits per heavy atom. The van der Waals surface area contributed by atoms with Gasteiger partial charge < -0.3 is 5.32 Å². The molecular formula is C24H24N2O3S. The summed E-state index contributed by atoms with van der Waals surface area (Å²) in [7, 11) is -3.80. The van der Waals surface area contributed by atoms with Crippen molar-refractivity contribution in [1.82, 2.24) is 5.32 Å². The van der Waals surface area contributed by atoms with E-state index in [4.69, 9.17) is 0 Å². The van der Waals surface area contributed by atoms with Crippen LogP contribution >= 0.6 is 0 Å². The summed E-state index contributed by atoms with van der Waals surface area (Å²) in [6, 6.07) is 21.4. The minimum atomic E-state index is -3.80. The second kappa shape index (κ2) is 8.32. The molecule has 0 heterocycles. The van der Waals surface area contributed by atoms with Crippen molar-refractivity contribution in [2.24, 2.45) is 0 Å². The average molecular weight is 421 g/mol. The first-order chi connectivity index (χ1) is 14.4. The number of benzene rings is 3. The molecule has 154 valence electrons. The summed E-state index contributed by atoms with van der Waals surface area (Å²) in [5, 5.41) is 3.07. The summed E-state index contributed by atoms with van der Waals surface area (Å²) in [6.45, 7) is 1.84. The van der Waals surface area contributed by atoms with E-state index in [1.807, 2.05) is 37.3 Å². The van der Waals surface area contributed by atoms with E-state index in [1.54, 1.807) is 24.3 Å². The zero-order valence-electron chi connectivity index (χ0n) is 16.8. The van der Waals surface area contributed by atoms with Gasteiger partial charge in [0, 0.05) is 5.56 Å². The third-order valence-corrected chi connectivity index (χ3v) is 6.83. The highest BCUT2D eigenvalue weighted by Gasteiger charge is 2.23. The Morgan fingerprint density at radius 2 is 1.73 bits per heavy atom. The fraction of sp³-hybridized carbons (Fsp3) is 0.208. The van der Waals surface area contributed by atoms with E-state index in [0.717, 1.165) is 30.4 Å². The van der Waals surface area contributed by atoms with Gasteiger partial charge in [-0.1, -0.05) is 48.5 Å². The first kappa shape index (κ1) is 20.2. The predicted octanol–water partition coefficient (Wildman–Crippen LogP) is 4.60. The Kier molecular flexibility index (Phi) is 5.59. The molecule has 0 aromatic heterocycles. The molecule has 0 saturated carbocycles. The lowest BCUT2D eigenvalue weighted by Gasteiger charge is -2.26. The summed E-state index contributed by atoms with van der Waals surface area (Å²) in [6.07, 6.45) is 2.90. The van der Waals surface area contributed by atoms with Crippen molar-refractivity contribution in [2.45, 2.75) is 37.1 Å². The molecule has 0 spiro atoms. The molecule has 6 heteroatoms. The topological polar surface area (TPSA) is 75.3 Å². The van der Waals surface area contributed by atoms with Crippen LogP contribution in [0, 0.1) is 6.92 Å². The largest absolute Gasteiger partial charge is 0.345 e. The molecule has 0 saturated heterocycles. The summed E-state index contributed by atoms with van der Waals surface area (Å²) in [4.78, 5) is 12.9. The Hall–Kier alpha value is -3.12. The van der Waals surface area contributed by atoms with E-state index in [-0.39, 0.29) is 16.8 Å². The summed E-state index contributed by atoms with van der Waals surface area (Å²) >= 11 is 0. The van der Waals surface area contributed by atoms with E-state index in [0.29, 0.717) is 11.3 Å². The number of aryl methyl sites for hydroxylation is 2. The lowest BCUT2D eigenvalue weighted by molar-refractivity contribution is 0.0932. The Morgan fingerprint density at radius 1 is 0.967 bits per heavy atom. The zero-order chi connectivity index (χ0) is 21.1. The van der Waals surface area contributed by atoms with Crippen LogP contribution in [0.4, 0.5) is 5.69 Å². The smallest absolute Gasteiger partial charge is 0.261 e. The monoisotopic (exact) mass is 420 g/mol. The highest BCUT2D eigenvalue weighted by Crippen LogP contribution is 2.30. The number of hydrogen-bond acceptors (Lipinski definition) is 3. The van der Waals surface area contributed by atoms with E-state index < -0.39 is 10.0 Å². The van der Waals surface area contributed by atoms with Crippen molar-refractivity contribution in [1.29, 1.82) is 0 Å². The molecule has 3 aromatic rings. The van der Waals surface area contributed by atoms with Crippen LogP contribution in [-0.2, 0) is 16.4 Å². The van der Waals surface area contributed by atoms with Crippen LogP contribution in [0.25, 0.3) is 0 Å². The highest BCUT2D eigenvalue weighted by atomic mass is 32.2. The van der Waals surface area contributed by atoms with Gasteiger partial charge in [-0.05, 0) is 67.1 Å². The fourth-order valence-electron chi connectivity index (χ4n) is 3.84. The molecule has 3 aromatic carbocycles. The average Bonchev–Trinajstić information content (AvgIpc) is 2.75. The van der Waals surface area contributed by atoms with Gasteiger partial charge in [-0.15, -0.1) is 0 Å². The van der Waals surface area contributed by atoms with Gasteiger partial charge in [-0.2, -0.15) is 0 Å². The number of nitrogens with one attached hydrogen (secondary N) is 2. The lowest BCUT2D eigenvalue weighted by Crippen LogP contribution is -2.31. The lowest BCUT2D eigenvalue weighted by atomic mass is 9.87. The molecule has 1 atom stereocenters. The number of rotatable bonds is 5. The molecule has 5 nitrogen and oxygen atoms in total. The van der Waals surface area contributed by atoms with Crippen LogP contribution in [0.5, 0.6) is 0 Å². The zero-order valence-corrected chi connectivity index (χ0v) is 17.6. The Labute approximate surface area is 177 Å². The molecule has 0 fully saturated rings. The Bertz CT molecular complexity index is 1190. The standard InChI is InChI=1S/C24H24N2O3S/c1-17-8-2-5-14-22(17)26-30(28,29)20-12-6-11-19(16-20)24(27)25-23-15-7-10-18-9-3-4-13-21(18)23/h2-6,8-9,11-14,16,23,26H,7,10,15H2,1H3,(H,25,27)/t23-/m1/s1. The molecule has 2 N–H and O–H groups in total. The predicted molar refractivity (Wildman–Crippen MR) is 118 cm³/mol. The molecule has 0 radical (unpaired) electrons. The number of para-hydroxylation sites is 1. The van der Waals surface area contributed by atoms with Crippen molar-refractivity contribution in [2.75, 3.05) is 4.72 Å². The van der Waals surface area contributed by atoms with Crippen LogP contribution in [0.1, 0.15) is 45.9 Å². The molecular weight excluding hydrogens is 396 g/mol. The number of carbonyl (C=O) groups excluding carboxylic acids is 1. The van der Waals surface area contributed by atoms with Crippen LogP contribution in [0.3, 0.4) is 0 Å². The maximum atomic E-state index is 12.9. The Balaban J connectivity index is 1.55. The third kappa shape index (κ3) is 4.24. The molecule has 0 bridgehead atoms. The van der Waals surface area contributed by atoms with Crippen molar-refractivity contribution >= 4 is 21.6 Å². The van der Waals surface area contributed by atoms with E-state index >= 15 is 0 Å². The maximum Gasteiger partial charge on any atom is 0.261 e. The van der Waals surface area contributed by atoms with Gasteiger partial charge in [0.2, 0.25) is 0 Å². The van der Waals surface area contributed by atoms with E-state index in [2.05, 4.69) is 16.1 Å². The minimum Gasteiger partial charge on any atom is -0.345 e.